The van der Waals surface area contributed by atoms with Crippen LogP contribution >= 0.6 is 0 Å². The van der Waals surface area contributed by atoms with Crippen molar-refractivity contribution in [2.24, 2.45) is 4.99 Å². The van der Waals surface area contributed by atoms with E-state index in [1.807, 2.05) is 0 Å². The van der Waals surface area contributed by atoms with Gasteiger partial charge in [0.25, 0.3) is 0 Å². The number of carboxylic acid groups (broad SMARTS) is 2. The summed E-state index contributed by atoms with van der Waals surface area (Å²) in [6.07, 6.45) is 5.86. The van der Waals surface area contributed by atoms with Gasteiger partial charge < -0.3 is 20.4 Å². The molecule has 0 fully saturated rings. The maximum absolute atomic E-state index is 11.3. The van der Waals surface area contributed by atoms with Gasteiger partial charge in [0.2, 0.25) is 5.84 Å². The van der Waals surface area contributed by atoms with Crippen LogP contribution in [0.4, 0.5) is 0 Å². The molecule has 0 aliphatic carbocycles. The number of carbonyl (C=O) groups is 2. The first-order chi connectivity index (χ1) is 10.9. The van der Waals surface area contributed by atoms with E-state index < -0.39 is 24.8 Å². The summed E-state index contributed by atoms with van der Waals surface area (Å²) >= 11 is 0. The van der Waals surface area contributed by atoms with Crippen LogP contribution in [0.15, 0.2) is 4.99 Å². The molecule has 2 unspecified atom stereocenters. The number of quaternary nitrogens is 1. The van der Waals surface area contributed by atoms with Gasteiger partial charge in [-0.15, -0.1) is 0 Å². The second-order valence-corrected chi connectivity index (χ2v) is 6.08. The molecule has 1 rings (SSSR count). The number of nitrogens with zero attached hydrogens (tertiary/aromatic N) is 2. The van der Waals surface area contributed by atoms with Crippen LogP contribution in [-0.4, -0.2) is 70.4 Å². The first-order valence-electron chi connectivity index (χ1n) is 8.38. The maximum Gasteiger partial charge on any atom is 0.359 e. The SMILES string of the molecule is CCCCCCCC1=NCC[N+]1(CC(=O)O)C(C)OCC(=O)O.[OH-]. The standard InChI is InChI=1S/C16H28N2O5.H2O/c1-3-4-5-6-7-8-14-17-9-10-18(14,11-15(19)20)13(2)23-12-16(21)22;/h13H,3-12H2,1-2H3,(H-,19,20,21,22);1H2. The molecule has 3 N–H and O–H groups in total. The lowest BCUT2D eigenvalue weighted by Crippen LogP contribution is -2.60. The molecule has 2 atom stereocenters. The monoisotopic (exact) mass is 346 g/mol. The van der Waals surface area contributed by atoms with Gasteiger partial charge in [-0.3, -0.25) is 0 Å². The first kappa shape index (κ1) is 22.5. The highest BCUT2D eigenvalue weighted by atomic mass is 16.5. The van der Waals surface area contributed by atoms with Crippen molar-refractivity contribution in [3.05, 3.63) is 0 Å². The second kappa shape index (κ2) is 11.1. The largest absolute Gasteiger partial charge is 0.870 e. The number of hydrogen-bond acceptors (Lipinski definition) is 5. The highest BCUT2D eigenvalue weighted by Gasteiger charge is 2.45. The van der Waals surface area contributed by atoms with E-state index in [0.29, 0.717) is 13.1 Å². The third kappa shape index (κ3) is 6.54. The molecule has 140 valence electrons. The molecule has 0 aromatic rings. The average molecular weight is 346 g/mol. The number of hydrogen-bond donors (Lipinski definition) is 2. The third-order valence-corrected chi connectivity index (χ3v) is 4.37. The number of ether oxygens (including phenoxy) is 1. The Bertz CT molecular complexity index is 440. The highest BCUT2D eigenvalue weighted by molar-refractivity contribution is 5.80. The lowest BCUT2D eigenvalue weighted by Gasteiger charge is -2.38. The van der Waals surface area contributed by atoms with Gasteiger partial charge >= 0.3 is 11.9 Å². The van der Waals surface area contributed by atoms with E-state index in [1.165, 1.54) is 19.3 Å². The van der Waals surface area contributed by atoms with Crippen LogP contribution in [0.3, 0.4) is 0 Å². The highest BCUT2D eigenvalue weighted by Crippen LogP contribution is 2.25. The van der Waals surface area contributed by atoms with Crippen molar-refractivity contribution in [3.63, 3.8) is 0 Å². The predicted molar refractivity (Wildman–Crippen MR) is 88.3 cm³/mol. The van der Waals surface area contributed by atoms with Gasteiger partial charge in [0.05, 0.1) is 6.54 Å². The molecule has 0 saturated carbocycles. The van der Waals surface area contributed by atoms with Crippen LogP contribution in [0.2, 0.25) is 0 Å². The Morgan fingerprint density at radius 1 is 1.21 bits per heavy atom. The molecule has 0 amide bonds. The molecule has 0 radical (unpaired) electrons. The van der Waals surface area contributed by atoms with Crippen molar-refractivity contribution in [2.75, 3.05) is 26.2 Å². The molecule has 0 aromatic heterocycles. The lowest BCUT2D eigenvalue weighted by molar-refractivity contribution is -0.878. The first-order valence-corrected chi connectivity index (χ1v) is 8.38. The molecule has 24 heavy (non-hydrogen) atoms. The van der Waals surface area contributed by atoms with E-state index in [9.17, 15) is 14.7 Å². The fourth-order valence-electron chi connectivity index (χ4n) is 3.08. The summed E-state index contributed by atoms with van der Waals surface area (Å²) in [5.41, 5.74) is 0. The second-order valence-electron chi connectivity index (χ2n) is 6.08. The van der Waals surface area contributed by atoms with Gasteiger partial charge in [-0.05, 0) is 6.42 Å². The summed E-state index contributed by atoms with van der Waals surface area (Å²) in [5.74, 6) is -1.14. The van der Waals surface area contributed by atoms with Gasteiger partial charge in [0, 0.05) is 13.3 Å². The Hall–Kier alpha value is -1.51. The summed E-state index contributed by atoms with van der Waals surface area (Å²) in [4.78, 5) is 26.5. The molecule has 0 aromatic carbocycles. The smallest absolute Gasteiger partial charge is 0.359 e. The average Bonchev–Trinajstić information content (AvgIpc) is 2.87. The summed E-state index contributed by atoms with van der Waals surface area (Å²) in [6, 6.07) is 0. The van der Waals surface area contributed by atoms with Crippen molar-refractivity contribution in [2.45, 2.75) is 58.6 Å². The molecule has 1 aliphatic heterocycles. The fraction of sp³-hybridized carbons (Fsp3) is 0.812. The Morgan fingerprint density at radius 3 is 2.46 bits per heavy atom. The molecular formula is C16H30N2O6. The van der Waals surface area contributed by atoms with Crippen molar-refractivity contribution in [1.29, 1.82) is 0 Å². The molecular weight excluding hydrogens is 316 g/mol. The van der Waals surface area contributed by atoms with E-state index in [1.54, 1.807) is 6.92 Å². The summed E-state index contributed by atoms with van der Waals surface area (Å²) in [7, 11) is 0. The molecule has 1 aliphatic rings. The Kier molecular flexibility index (Phi) is 10.4. The molecule has 8 nitrogen and oxygen atoms in total. The van der Waals surface area contributed by atoms with Crippen LogP contribution in [-0.2, 0) is 14.3 Å². The minimum Gasteiger partial charge on any atom is -0.870 e. The minimum atomic E-state index is -1.05. The van der Waals surface area contributed by atoms with Gasteiger partial charge in [-0.2, -0.15) is 0 Å². The predicted octanol–water partition coefficient (Wildman–Crippen LogP) is 1.93. The number of aliphatic carboxylic acids is 2. The van der Waals surface area contributed by atoms with E-state index >= 15 is 0 Å². The van der Waals surface area contributed by atoms with Crippen molar-refractivity contribution in [3.8, 4) is 0 Å². The van der Waals surface area contributed by atoms with Crippen LogP contribution < -0.4 is 0 Å². The van der Waals surface area contributed by atoms with Gasteiger partial charge in [-0.1, -0.05) is 32.6 Å². The maximum atomic E-state index is 11.3. The van der Waals surface area contributed by atoms with E-state index in [4.69, 9.17) is 9.84 Å². The van der Waals surface area contributed by atoms with Crippen LogP contribution in [0.25, 0.3) is 0 Å². The molecule has 0 saturated heterocycles. The number of unbranched alkanes of at least 4 members (excludes halogenated alkanes) is 4. The lowest BCUT2D eigenvalue weighted by atomic mass is 10.1. The zero-order valence-electron chi connectivity index (χ0n) is 14.6. The normalized spacial score (nSPS) is 21.0. The van der Waals surface area contributed by atoms with Crippen LogP contribution in [0.1, 0.15) is 52.4 Å². The molecule has 0 spiro atoms. The molecule has 8 heteroatoms. The summed E-state index contributed by atoms with van der Waals surface area (Å²) in [6.45, 7) is 4.48. The third-order valence-electron chi connectivity index (χ3n) is 4.37. The van der Waals surface area contributed by atoms with Gasteiger partial charge in [-0.25, -0.2) is 19.1 Å². The topological polar surface area (TPSA) is 126 Å². The Balaban J connectivity index is 0.00000529. The minimum absolute atomic E-state index is 0. The Morgan fingerprint density at radius 2 is 1.88 bits per heavy atom. The Labute approximate surface area is 143 Å². The van der Waals surface area contributed by atoms with Gasteiger partial charge in [0.1, 0.15) is 6.54 Å². The van der Waals surface area contributed by atoms with Crippen molar-refractivity contribution in [1.82, 2.24) is 0 Å². The van der Waals surface area contributed by atoms with Gasteiger partial charge in [0.15, 0.2) is 19.4 Å². The number of amidine groups is 1. The summed E-state index contributed by atoms with van der Waals surface area (Å²) < 4.78 is 5.52. The van der Waals surface area contributed by atoms with Crippen LogP contribution in [0.5, 0.6) is 0 Å². The molecule has 0 bridgehead atoms. The zero-order valence-corrected chi connectivity index (χ0v) is 14.6. The number of rotatable bonds is 12. The molecule has 1 heterocycles. The quantitative estimate of drug-likeness (QED) is 0.411. The van der Waals surface area contributed by atoms with E-state index in [-0.39, 0.29) is 16.5 Å². The number of carboxylic acids is 2. The summed E-state index contributed by atoms with van der Waals surface area (Å²) in [5, 5.41) is 18.1. The fourth-order valence-corrected chi connectivity index (χ4v) is 3.08. The van der Waals surface area contributed by atoms with Crippen molar-refractivity contribution >= 4 is 17.8 Å². The zero-order chi connectivity index (χ0) is 17.3. The van der Waals surface area contributed by atoms with E-state index in [2.05, 4.69) is 11.9 Å². The van der Waals surface area contributed by atoms with Crippen LogP contribution in [0, 0.1) is 0 Å². The number of aliphatic imine (C=N–C) groups is 1. The van der Waals surface area contributed by atoms with E-state index in [0.717, 1.165) is 25.1 Å². The van der Waals surface area contributed by atoms with Crippen molar-refractivity contribution < 1.29 is 34.5 Å².